The molecule has 1 atom stereocenters. The molecule has 1 N–H and O–H groups in total. The van der Waals surface area contributed by atoms with Gasteiger partial charge in [-0.2, -0.15) is 0 Å². The number of hydrogen-bond acceptors (Lipinski definition) is 3. The Morgan fingerprint density at radius 3 is 2.35 bits per heavy atom. The fraction of sp³-hybridized carbons (Fsp3) is 0.462. The topological polar surface area (TPSA) is 58.6 Å². The highest BCUT2D eigenvalue weighted by Gasteiger charge is 2.26. The molecule has 0 heterocycles. The molecule has 0 aliphatic heterocycles. The van der Waals surface area contributed by atoms with Crippen molar-refractivity contribution in [1.29, 1.82) is 0 Å². The first kappa shape index (κ1) is 24.4. The molecule has 2 aromatic carbocycles. The lowest BCUT2D eigenvalue weighted by Gasteiger charge is -2.29. The van der Waals surface area contributed by atoms with Crippen molar-refractivity contribution in [2.24, 2.45) is 5.92 Å². The Morgan fingerprint density at radius 2 is 1.71 bits per heavy atom. The summed E-state index contributed by atoms with van der Waals surface area (Å²) in [6.07, 6.45) is 0.678. The third-order valence-corrected chi connectivity index (χ3v) is 5.45. The number of nitrogens with one attached hydrogen (secondary N) is 1. The second kappa shape index (κ2) is 11.5. The summed E-state index contributed by atoms with van der Waals surface area (Å²) in [5.41, 5.74) is 4.37. The number of carbonyl (C=O) groups is 2. The van der Waals surface area contributed by atoms with Gasteiger partial charge < -0.3 is 15.0 Å². The Kier molecular flexibility index (Phi) is 9.10. The van der Waals surface area contributed by atoms with Crippen molar-refractivity contribution in [2.45, 2.75) is 54.0 Å². The first-order valence-electron chi connectivity index (χ1n) is 11.0. The highest BCUT2D eigenvalue weighted by Crippen LogP contribution is 2.23. The van der Waals surface area contributed by atoms with Gasteiger partial charge in [0.1, 0.15) is 11.8 Å². The summed E-state index contributed by atoms with van der Waals surface area (Å²) >= 11 is 0. The number of amides is 2. The molecule has 5 heteroatoms. The van der Waals surface area contributed by atoms with E-state index in [2.05, 4.69) is 11.4 Å². The number of rotatable bonds is 10. The lowest BCUT2D eigenvalue weighted by Crippen LogP contribution is -2.50. The molecular formula is C26H36N2O3. The van der Waals surface area contributed by atoms with Crippen molar-refractivity contribution in [2.75, 3.05) is 19.7 Å². The summed E-state index contributed by atoms with van der Waals surface area (Å²) in [5, 5.41) is 2.94. The monoisotopic (exact) mass is 424 g/mol. The molecule has 2 rings (SSSR count). The van der Waals surface area contributed by atoms with Crippen LogP contribution in [0.4, 0.5) is 0 Å². The van der Waals surface area contributed by atoms with Crippen LogP contribution in [0.25, 0.3) is 0 Å². The Hall–Kier alpha value is -2.82. The molecule has 168 valence electrons. The summed E-state index contributed by atoms with van der Waals surface area (Å²) in [6.45, 7) is 12.8. The predicted molar refractivity (Wildman–Crippen MR) is 125 cm³/mol. The Labute approximate surface area is 186 Å². The van der Waals surface area contributed by atoms with E-state index in [0.717, 1.165) is 22.3 Å². The molecule has 1 unspecified atom stereocenters. The Bertz CT molecular complexity index is 878. The van der Waals surface area contributed by atoms with E-state index in [4.69, 9.17) is 4.74 Å². The first-order chi connectivity index (χ1) is 14.7. The highest BCUT2D eigenvalue weighted by molar-refractivity contribution is 5.88. The number of carbonyl (C=O) groups excluding carboxylic acids is 2. The number of ether oxygens (including phenoxy) is 1. The lowest BCUT2D eigenvalue weighted by atomic mass is 10.1. The van der Waals surface area contributed by atoms with Crippen molar-refractivity contribution < 1.29 is 14.3 Å². The van der Waals surface area contributed by atoms with Crippen LogP contribution in [0.3, 0.4) is 0 Å². The predicted octanol–water partition coefficient (Wildman–Crippen LogP) is 4.22. The molecule has 0 bridgehead atoms. The molecule has 0 spiro atoms. The largest absolute Gasteiger partial charge is 0.483 e. The fourth-order valence-electron chi connectivity index (χ4n) is 3.40. The van der Waals surface area contributed by atoms with Gasteiger partial charge in [0.2, 0.25) is 5.91 Å². The van der Waals surface area contributed by atoms with E-state index >= 15 is 0 Å². The van der Waals surface area contributed by atoms with Crippen LogP contribution in [0.15, 0.2) is 42.5 Å². The first-order valence-corrected chi connectivity index (χ1v) is 11.0. The second-order valence-corrected chi connectivity index (χ2v) is 8.63. The van der Waals surface area contributed by atoms with Gasteiger partial charge in [-0.25, -0.2) is 0 Å². The molecule has 0 aliphatic carbocycles. The van der Waals surface area contributed by atoms with Crippen LogP contribution in [0.5, 0.6) is 5.75 Å². The van der Waals surface area contributed by atoms with Gasteiger partial charge in [0, 0.05) is 13.1 Å². The Morgan fingerprint density at radius 1 is 1.03 bits per heavy atom. The van der Waals surface area contributed by atoms with Crippen molar-refractivity contribution in [1.82, 2.24) is 10.2 Å². The summed E-state index contributed by atoms with van der Waals surface area (Å²) in [7, 11) is 0. The summed E-state index contributed by atoms with van der Waals surface area (Å²) < 4.78 is 5.90. The normalized spacial score (nSPS) is 11.8. The highest BCUT2D eigenvalue weighted by atomic mass is 16.5. The smallest absolute Gasteiger partial charge is 0.261 e. The van der Waals surface area contributed by atoms with E-state index in [1.165, 1.54) is 0 Å². The Balaban J connectivity index is 2.12. The number of nitrogens with zero attached hydrogens (tertiary/aromatic N) is 1. The lowest BCUT2D eigenvalue weighted by molar-refractivity contribution is -0.141. The minimum atomic E-state index is -0.570. The summed E-state index contributed by atoms with van der Waals surface area (Å²) in [5.74, 6) is 0.727. The number of benzene rings is 2. The van der Waals surface area contributed by atoms with Gasteiger partial charge in [0.05, 0.1) is 0 Å². The van der Waals surface area contributed by atoms with Crippen molar-refractivity contribution >= 4 is 11.8 Å². The van der Waals surface area contributed by atoms with E-state index in [1.807, 2.05) is 71.0 Å². The zero-order valence-corrected chi connectivity index (χ0v) is 19.7. The summed E-state index contributed by atoms with van der Waals surface area (Å²) in [6, 6.07) is 13.5. The van der Waals surface area contributed by atoms with Crippen LogP contribution in [0.1, 0.15) is 43.0 Å². The van der Waals surface area contributed by atoms with Crippen molar-refractivity contribution in [3.05, 3.63) is 64.7 Å². The van der Waals surface area contributed by atoms with E-state index in [1.54, 1.807) is 11.8 Å². The van der Waals surface area contributed by atoms with Gasteiger partial charge >= 0.3 is 0 Å². The molecule has 31 heavy (non-hydrogen) atoms. The zero-order valence-electron chi connectivity index (χ0n) is 19.7. The molecule has 2 aromatic rings. The van der Waals surface area contributed by atoms with Gasteiger partial charge in [-0.05, 0) is 68.4 Å². The van der Waals surface area contributed by atoms with Crippen LogP contribution in [0.2, 0.25) is 0 Å². The molecule has 0 aromatic heterocycles. The van der Waals surface area contributed by atoms with Crippen LogP contribution in [-0.2, 0) is 16.0 Å². The standard InChI is InChI=1S/C26H36N2O3/c1-18(2)16-27-26(30)22(6)28(13-12-23-10-8-7-9-11-23)25(29)17-31-24-15-19(3)14-20(4)21(24)5/h7-11,14-15,18,22H,12-13,16-17H2,1-6H3,(H,27,30). The van der Waals surface area contributed by atoms with Gasteiger partial charge in [-0.3, -0.25) is 9.59 Å². The second-order valence-electron chi connectivity index (χ2n) is 8.63. The minimum Gasteiger partial charge on any atom is -0.483 e. The minimum absolute atomic E-state index is 0.0969. The third-order valence-electron chi connectivity index (χ3n) is 5.45. The van der Waals surface area contributed by atoms with Crippen LogP contribution in [-0.4, -0.2) is 42.5 Å². The maximum atomic E-state index is 13.1. The molecule has 0 fully saturated rings. The maximum Gasteiger partial charge on any atom is 0.261 e. The van der Waals surface area contributed by atoms with Gasteiger partial charge in [0.25, 0.3) is 5.91 Å². The van der Waals surface area contributed by atoms with Gasteiger partial charge in [0.15, 0.2) is 6.61 Å². The van der Waals surface area contributed by atoms with Crippen LogP contribution < -0.4 is 10.1 Å². The van der Waals surface area contributed by atoms with Crippen LogP contribution in [0, 0.1) is 26.7 Å². The zero-order chi connectivity index (χ0) is 23.0. The number of hydrogen-bond donors (Lipinski definition) is 1. The molecule has 0 aliphatic rings. The maximum absolute atomic E-state index is 13.1. The summed E-state index contributed by atoms with van der Waals surface area (Å²) in [4.78, 5) is 27.4. The van der Waals surface area contributed by atoms with Crippen LogP contribution >= 0.6 is 0 Å². The third kappa shape index (κ3) is 7.42. The molecule has 0 radical (unpaired) electrons. The van der Waals surface area contributed by atoms with E-state index in [-0.39, 0.29) is 18.4 Å². The van der Waals surface area contributed by atoms with Gasteiger partial charge in [-0.1, -0.05) is 50.2 Å². The van der Waals surface area contributed by atoms with E-state index in [0.29, 0.717) is 31.2 Å². The molecule has 5 nitrogen and oxygen atoms in total. The molecular weight excluding hydrogens is 388 g/mol. The molecule has 2 amide bonds. The average Bonchev–Trinajstić information content (AvgIpc) is 2.74. The van der Waals surface area contributed by atoms with Crippen molar-refractivity contribution in [3.8, 4) is 5.75 Å². The molecule has 0 saturated heterocycles. The van der Waals surface area contributed by atoms with E-state index < -0.39 is 6.04 Å². The van der Waals surface area contributed by atoms with Gasteiger partial charge in [-0.15, -0.1) is 0 Å². The van der Waals surface area contributed by atoms with Crippen molar-refractivity contribution in [3.63, 3.8) is 0 Å². The average molecular weight is 425 g/mol. The quantitative estimate of drug-likeness (QED) is 0.621. The SMILES string of the molecule is Cc1cc(C)c(C)c(OCC(=O)N(CCc2ccccc2)C(C)C(=O)NCC(C)C)c1. The molecule has 0 saturated carbocycles. The number of aryl methyl sites for hydroxylation is 2. The fourth-order valence-corrected chi connectivity index (χ4v) is 3.40. The van der Waals surface area contributed by atoms with E-state index in [9.17, 15) is 9.59 Å².